The van der Waals surface area contributed by atoms with Gasteiger partial charge in [0.15, 0.2) is 11.4 Å². The van der Waals surface area contributed by atoms with Gasteiger partial charge in [-0.2, -0.15) is 29.9 Å². The number of nitrogens with one attached hydrogen (secondary N) is 6. The number of aromatic nitrogens is 8. The molecule has 31 nitrogen and oxygen atoms in total. The molecule has 36 heteroatoms. The minimum atomic E-state index is -1.31. The minimum Gasteiger partial charge on any atom is -0.478 e. The second kappa shape index (κ2) is 39.3. The molecule has 2 atom stereocenters. The molecule has 0 bridgehead atoms. The van der Waals surface area contributed by atoms with E-state index in [0.29, 0.717) is 70.2 Å². The lowest BCUT2D eigenvalue weighted by molar-refractivity contribution is 0.0597. The summed E-state index contributed by atoms with van der Waals surface area (Å²) in [5.74, 6) is -8.63. The number of ether oxygens (including phenoxy) is 4. The summed E-state index contributed by atoms with van der Waals surface area (Å²) >= 11 is 5.59. The molecule has 0 aliphatic heterocycles. The standard InChI is InChI=1S/C26H25FN4O5.C25H23FN4O5.C15H14FN3O4.C14H11ClFN3O3/c1-14-10-15(4-8-19(14)27)13-28-23(32)21-12-22(31-26(30-21)36-3)24(33)29-20-9-6-16-11-17(25(34)35-2)5-7-18(16)20;1-13-9-14(3-7-18(13)26)12-27-22(31)20-11-21(30-25(29-20)35-2)23(32)28-19-8-5-15-10-16(24(33)34)4-6-17(15)19;1-8-5-9(3-4-10(8)16)7-17-13(20)11-6-12(14(21)22)19-15(18-11)23-2;1-7-4-8(2-3-9(7)16)6-17-12(20)10-5-11(13(21)22)19-14(15)18-10/h4-5,7-8,10-12,20H,6,9,13H2,1-3H3,(H,28,32)(H,29,33);3-4,6-7,9-11,19H,5,8,12H2,1-2H3,(H,27,31)(H,28,32)(H,33,34);3-6H,7H2,1-2H3,(H,17,20)(H,21,22);2-5H,6H2,1H3,(H,17,20)(H,21,22)/t20-;19-;;/m00../s1. The van der Waals surface area contributed by atoms with Crippen LogP contribution in [0.5, 0.6) is 18.0 Å². The average Bonchev–Trinajstić information content (AvgIpc) is 1.74. The Morgan fingerprint density at radius 3 is 0.966 bits per heavy atom. The number of carboxylic acids is 3. The van der Waals surface area contributed by atoms with E-state index in [1.807, 2.05) is 0 Å². The van der Waals surface area contributed by atoms with Crippen molar-refractivity contribution in [2.45, 2.75) is 91.6 Å². The maximum absolute atomic E-state index is 13.5. The number of nitrogens with zero attached hydrogens (tertiary/aromatic N) is 8. The fourth-order valence-electron chi connectivity index (χ4n) is 11.6. The third kappa shape index (κ3) is 23.0. The fourth-order valence-corrected chi connectivity index (χ4v) is 11.8. The Kier molecular flexibility index (Phi) is 29.0. The van der Waals surface area contributed by atoms with Gasteiger partial charge in [-0.25, -0.2) is 46.7 Å². The zero-order valence-corrected chi connectivity index (χ0v) is 63.8. The summed E-state index contributed by atoms with van der Waals surface area (Å²) in [5, 5.41) is 43.0. The van der Waals surface area contributed by atoms with Gasteiger partial charge >= 0.3 is 41.9 Å². The molecule has 0 saturated heterocycles. The van der Waals surface area contributed by atoms with Crippen LogP contribution in [0.2, 0.25) is 5.28 Å². The van der Waals surface area contributed by atoms with Crippen LogP contribution in [0.1, 0.15) is 196 Å². The second-order valence-corrected chi connectivity index (χ2v) is 26.0. The lowest BCUT2D eigenvalue weighted by Crippen LogP contribution is -2.29. The predicted octanol–water partition coefficient (Wildman–Crippen LogP) is 9.81. The van der Waals surface area contributed by atoms with E-state index < -0.39 is 59.3 Å². The number of esters is 1. The van der Waals surface area contributed by atoms with Crippen molar-refractivity contribution in [3.8, 4) is 18.0 Å². The molecule has 2 aliphatic carbocycles. The van der Waals surface area contributed by atoms with Crippen molar-refractivity contribution >= 4 is 70.9 Å². The van der Waals surface area contributed by atoms with Crippen LogP contribution in [0.25, 0.3) is 0 Å². The molecule has 6 amide bonds. The molecule has 9 N–H and O–H groups in total. The topological polar surface area (TPSA) is 444 Å². The Bertz CT molecular complexity index is 5490. The number of carboxylic acid groups (broad SMARTS) is 3. The second-order valence-electron chi connectivity index (χ2n) is 25.7. The lowest BCUT2D eigenvalue weighted by Gasteiger charge is -2.15. The van der Waals surface area contributed by atoms with Crippen LogP contribution in [-0.4, -0.2) is 143 Å². The first-order chi connectivity index (χ1) is 55.3. The zero-order valence-electron chi connectivity index (χ0n) is 63.0. The molecule has 0 saturated carbocycles. The van der Waals surface area contributed by atoms with E-state index in [1.165, 1.54) is 77.0 Å². The van der Waals surface area contributed by atoms with E-state index in [-0.39, 0.29) is 136 Å². The first-order valence-corrected chi connectivity index (χ1v) is 35.3. The van der Waals surface area contributed by atoms with Crippen molar-refractivity contribution in [2.24, 2.45) is 0 Å². The van der Waals surface area contributed by atoms with Crippen molar-refractivity contribution in [1.82, 2.24) is 71.8 Å². The van der Waals surface area contributed by atoms with Crippen LogP contribution in [0, 0.1) is 51.0 Å². The number of carbonyl (C=O) groups excluding carboxylic acids is 7. The molecular weight excluding hydrogens is 1540 g/mol. The number of aromatic carboxylic acids is 3. The van der Waals surface area contributed by atoms with E-state index in [2.05, 4.69) is 71.8 Å². The quantitative estimate of drug-likeness (QED) is 0.0163. The highest BCUT2D eigenvalue weighted by molar-refractivity contribution is 6.28. The number of rotatable bonds is 23. The highest BCUT2D eigenvalue weighted by atomic mass is 35.5. The number of methoxy groups -OCH3 is 4. The Balaban J connectivity index is 0.000000181. The van der Waals surface area contributed by atoms with Crippen molar-refractivity contribution < 1.29 is 99.8 Å². The Hall–Kier alpha value is -14.3. The molecule has 116 heavy (non-hydrogen) atoms. The number of benzene rings is 6. The molecule has 6 aromatic carbocycles. The Labute approximate surface area is 663 Å². The SMILES string of the molecule is COC(=O)c1ccc2c(c1)CC[C@@H]2NC(=O)c1cc(C(=O)NCc2ccc(F)c(C)c2)nc(OC)n1.COc1nc(C(=O)NCc2ccc(F)c(C)c2)cc(C(=O)N[C@H]2CCc3cc(C(=O)O)ccc32)n1.COc1nc(C(=O)O)cc(C(=O)NCc2ccc(F)c(C)c2)n1.Cc1cc(CNC(=O)c2cc(C(=O)O)nc(Cl)n2)ccc1F. The van der Waals surface area contributed by atoms with Gasteiger partial charge < -0.3 is 66.2 Å². The summed E-state index contributed by atoms with van der Waals surface area (Å²) in [5.41, 5.74) is 7.75. The Morgan fingerprint density at radius 2 is 0.655 bits per heavy atom. The summed E-state index contributed by atoms with van der Waals surface area (Å²) in [7, 11) is 5.26. The molecule has 12 rings (SSSR count). The van der Waals surface area contributed by atoms with Gasteiger partial charge in [0.2, 0.25) is 5.28 Å². The lowest BCUT2D eigenvalue weighted by atomic mass is 10.0. The van der Waals surface area contributed by atoms with Gasteiger partial charge in [0.25, 0.3) is 35.4 Å². The van der Waals surface area contributed by atoms with E-state index >= 15 is 0 Å². The number of halogens is 5. The summed E-state index contributed by atoms with van der Waals surface area (Å²) in [6.07, 6.45) is 2.58. The summed E-state index contributed by atoms with van der Waals surface area (Å²) in [4.78, 5) is 151. The van der Waals surface area contributed by atoms with Crippen LogP contribution in [0.15, 0.2) is 133 Å². The monoisotopic (exact) mass is 1610 g/mol. The van der Waals surface area contributed by atoms with Gasteiger partial charge in [-0.05, 0) is 180 Å². The van der Waals surface area contributed by atoms with Crippen LogP contribution in [0.3, 0.4) is 0 Å². The van der Waals surface area contributed by atoms with Crippen molar-refractivity contribution in [3.05, 3.63) is 285 Å². The van der Waals surface area contributed by atoms with Gasteiger partial charge in [0.1, 0.15) is 57.4 Å². The van der Waals surface area contributed by atoms with Gasteiger partial charge in [-0.15, -0.1) is 0 Å². The number of hydrogen-bond acceptors (Lipinski definition) is 22. The number of carbonyl (C=O) groups is 10. The first kappa shape index (κ1) is 85.7. The summed E-state index contributed by atoms with van der Waals surface area (Å²) in [6.45, 7) is 7.10. The van der Waals surface area contributed by atoms with E-state index in [1.54, 1.807) is 100 Å². The highest BCUT2D eigenvalue weighted by Gasteiger charge is 2.30. The van der Waals surface area contributed by atoms with Crippen molar-refractivity contribution in [2.75, 3.05) is 28.4 Å². The van der Waals surface area contributed by atoms with Crippen molar-refractivity contribution in [1.29, 1.82) is 0 Å². The number of aryl methyl sites for hydroxylation is 6. The summed E-state index contributed by atoms with van der Waals surface area (Å²) < 4.78 is 73.0. The molecular formula is C80H73ClF4N14O17. The third-order valence-corrected chi connectivity index (χ3v) is 17.8. The smallest absolute Gasteiger partial charge is 0.354 e. The maximum atomic E-state index is 13.5. The fraction of sp³-hybridized carbons (Fsp3) is 0.225. The number of hydrogen-bond donors (Lipinski definition) is 9. The van der Waals surface area contributed by atoms with E-state index in [4.69, 9.17) is 40.8 Å². The molecule has 0 radical (unpaired) electrons. The Morgan fingerprint density at radius 1 is 0.371 bits per heavy atom. The molecule has 4 aromatic heterocycles. The van der Waals surface area contributed by atoms with Gasteiger partial charge in [-0.3, -0.25) is 28.8 Å². The van der Waals surface area contributed by atoms with Crippen molar-refractivity contribution in [3.63, 3.8) is 0 Å². The van der Waals surface area contributed by atoms with Gasteiger partial charge in [0, 0.05) is 50.4 Å². The third-order valence-electron chi connectivity index (χ3n) is 17.6. The maximum Gasteiger partial charge on any atom is 0.354 e. The normalized spacial score (nSPS) is 12.6. The summed E-state index contributed by atoms with van der Waals surface area (Å²) in [6, 6.07) is 31.6. The molecule has 0 spiro atoms. The first-order valence-electron chi connectivity index (χ1n) is 34.9. The molecule has 0 fully saturated rings. The zero-order chi connectivity index (χ0) is 84.2. The van der Waals surface area contributed by atoms with Gasteiger partial charge in [0.05, 0.1) is 51.6 Å². The van der Waals surface area contributed by atoms with Gasteiger partial charge in [-0.1, -0.05) is 60.7 Å². The molecule has 600 valence electrons. The van der Waals surface area contributed by atoms with E-state index in [0.717, 1.165) is 39.9 Å². The van der Waals surface area contributed by atoms with Crippen LogP contribution < -0.4 is 46.1 Å². The van der Waals surface area contributed by atoms with Crippen LogP contribution in [-0.2, 0) is 43.8 Å². The van der Waals surface area contributed by atoms with Crippen LogP contribution >= 0.6 is 11.6 Å². The molecule has 0 unspecified atom stereocenters. The predicted molar refractivity (Wildman–Crippen MR) is 404 cm³/mol. The molecule has 4 heterocycles. The average molecular weight is 1610 g/mol. The van der Waals surface area contributed by atoms with Crippen LogP contribution in [0.4, 0.5) is 17.6 Å². The molecule has 2 aliphatic rings. The number of amides is 6. The largest absolute Gasteiger partial charge is 0.478 e. The minimum absolute atomic E-state index is 0.0238. The highest BCUT2D eigenvalue weighted by Crippen LogP contribution is 2.34. The van der Waals surface area contributed by atoms with E-state index in [9.17, 15) is 70.6 Å². The number of fused-ring (bicyclic) bond motifs is 2. The molecule has 10 aromatic rings.